The number of aliphatic hydroxyl groups excluding tert-OH is 1. The summed E-state index contributed by atoms with van der Waals surface area (Å²) in [6.07, 6.45) is 0.672. The van der Waals surface area contributed by atoms with Crippen molar-refractivity contribution in [2.45, 2.75) is 26.3 Å². The smallest absolute Gasteiger partial charge is 0.295 e. The van der Waals surface area contributed by atoms with Crippen LogP contribution in [0.15, 0.2) is 54.1 Å². The Kier molecular flexibility index (Phi) is 7.64. The van der Waals surface area contributed by atoms with Gasteiger partial charge in [-0.3, -0.25) is 9.59 Å². The summed E-state index contributed by atoms with van der Waals surface area (Å²) in [6.45, 7) is 7.06. The third-order valence-corrected chi connectivity index (χ3v) is 5.84. The van der Waals surface area contributed by atoms with Gasteiger partial charge in [-0.2, -0.15) is 0 Å². The van der Waals surface area contributed by atoms with Crippen LogP contribution < -0.4 is 4.74 Å². The summed E-state index contributed by atoms with van der Waals surface area (Å²) in [5.41, 5.74) is 0.938. The van der Waals surface area contributed by atoms with Crippen LogP contribution in [0.4, 0.5) is 4.39 Å². The predicted octanol–water partition coefficient (Wildman–Crippen LogP) is 3.99. The van der Waals surface area contributed by atoms with E-state index in [0.29, 0.717) is 29.8 Å². The van der Waals surface area contributed by atoms with E-state index in [2.05, 4.69) is 18.7 Å². The van der Waals surface area contributed by atoms with Crippen molar-refractivity contribution in [1.29, 1.82) is 0 Å². The molecule has 32 heavy (non-hydrogen) atoms. The number of hydrogen-bond donors (Lipinski definition) is 1. The third-order valence-electron chi connectivity index (χ3n) is 5.84. The molecule has 1 atom stereocenters. The molecule has 0 bridgehead atoms. The minimum Gasteiger partial charge on any atom is -0.507 e. The molecule has 1 heterocycles. The molecule has 1 aliphatic heterocycles. The molecule has 0 aliphatic carbocycles. The number of ketones is 1. The van der Waals surface area contributed by atoms with Gasteiger partial charge in [-0.1, -0.05) is 38.1 Å². The quantitative estimate of drug-likeness (QED) is 0.363. The summed E-state index contributed by atoms with van der Waals surface area (Å²) in [4.78, 5) is 29.7. The molecule has 0 saturated carbocycles. The van der Waals surface area contributed by atoms with E-state index in [4.69, 9.17) is 4.74 Å². The van der Waals surface area contributed by atoms with Gasteiger partial charge in [0.25, 0.3) is 11.7 Å². The molecule has 0 unspecified atom stereocenters. The van der Waals surface area contributed by atoms with E-state index in [0.717, 1.165) is 19.6 Å². The van der Waals surface area contributed by atoms with E-state index in [1.807, 2.05) is 0 Å². The highest BCUT2D eigenvalue weighted by Crippen LogP contribution is 2.39. The fourth-order valence-electron chi connectivity index (χ4n) is 4.03. The highest BCUT2D eigenvalue weighted by Gasteiger charge is 2.45. The number of aliphatic hydroxyl groups is 1. The Morgan fingerprint density at radius 2 is 1.81 bits per heavy atom. The van der Waals surface area contributed by atoms with Gasteiger partial charge in [0.05, 0.1) is 18.7 Å². The summed E-state index contributed by atoms with van der Waals surface area (Å²) >= 11 is 0. The Morgan fingerprint density at radius 1 is 1.12 bits per heavy atom. The maximum Gasteiger partial charge on any atom is 0.295 e. The fraction of sp³-hybridized carbons (Fsp3) is 0.360. The zero-order valence-electron chi connectivity index (χ0n) is 18.7. The number of amides is 1. The number of methoxy groups -OCH3 is 1. The van der Waals surface area contributed by atoms with Crippen molar-refractivity contribution in [3.8, 4) is 5.75 Å². The van der Waals surface area contributed by atoms with Crippen LogP contribution in [-0.4, -0.2) is 59.9 Å². The van der Waals surface area contributed by atoms with E-state index in [-0.39, 0.29) is 11.3 Å². The lowest BCUT2D eigenvalue weighted by atomic mass is 9.95. The van der Waals surface area contributed by atoms with E-state index in [1.165, 1.54) is 24.1 Å². The first kappa shape index (κ1) is 23.5. The van der Waals surface area contributed by atoms with Crippen LogP contribution in [-0.2, 0) is 9.59 Å². The van der Waals surface area contributed by atoms with Crippen molar-refractivity contribution in [1.82, 2.24) is 9.80 Å². The Hall–Kier alpha value is -3.19. The van der Waals surface area contributed by atoms with Gasteiger partial charge in [0.1, 0.15) is 17.3 Å². The molecular formula is C25H29FN2O4. The maximum atomic E-state index is 13.6. The van der Waals surface area contributed by atoms with Crippen molar-refractivity contribution < 1.29 is 23.8 Å². The first-order valence-electron chi connectivity index (χ1n) is 10.8. The largest absolute Gasteiger partial charge is 0.507 e. The van der Waals surface area contributed by atoms with Crippen molar-refractivity contribution in [2.75, 3.05) is 33.3 Å². The van der Waals surface area contributed by atoms with E-state index < -0.39 is 23.5 Å². The lowest BCUT2D eigenvalue weighted by Gasteiger charge is -2.26. The molecule has 2 aromatic carbocycles. The number of ether oxygens (including phenoxy) is 1. The van der Waals surface area contributed by atoms with E-state index in [9.17, 15) is 19.1 Å². The zero-order chi connectivity index (χ0) is 23.3. The van der Waals surface area contributed by atoms with Crippen LogP contribution in [0.1, 0.15) is 37.4 Å². The Bertz CT molecular complexity index is 999. The molecule has 1 aliphatic rings. The lowest BCUT2D eigenvalue weighted by molar-refractivity contribution is -0.140. The summed E-state index contributed by atoms with van der Waals surface area (Å²) in [5, 5.41) is 11.1. The second-order valence-corrected chi connectivity index (χ2v) is 7.66. The van der Waals surface area contributed by atoms with Gasteiger partial charge >= 0.3 is 0 Å². The number of nitrogens with zero attached hydrogens (tertiary/aromatic N) is 2. The molecular weight excluding hydrogens is 411 g/mol. The van der Waals surface area contributed by atoms with Crippen molar-refractivity contribution in [3.05, 3.63) is 71.0 Å². The van der Waals surface area contributed by atoms with Crippen LogP contribution in [0.25, 0.3) is 5.76 Å². The molecule has 1 saturated heterocycles. The van der Waals surface area contributed by atoms with Crippen LogP contribution in [0.5, 0.6) is 5.75 Å². The number of halogens is 1. The molecule has 0 aromatic heterocycles. The second-order valence-electron chi connectivity index (χ2n) is 7.66. The van der Waals surface area contributed by atoms with Gasteiger partial charge in [0.15, 0.2) is 0 Å². The molecule has 2 aromatic rings. The van der Waals surface area contributed by atoms with Gasteiger partial charge in [0.2, 0.25) is 0 Å². The standard InChI is InChI=1S/C25H29FN2O4/c1-4-27(5-2)14-7-15-28-22(17-10-12-19(26)13-11-17)21(24(30)25(28)31)23(29)18-8-6-9-20(16-18)32-3/h6,8-13,16,22,29H,4-5,7,14-15H2,1-3H3/t22-/m0/s1. The number of carbonyl (C=O) groups excluding carboxylic acids is 2. The average molecular weight is 441 g/mol. The highest BCUT2D eigenvalue weighted by atomic mass is 19.1. The van der Waals surface area contributed by atoms with Crippen molar-refractivity contribution >= 4 is 17.4 Å². The third kappa shape index (κ3) is 4.83. The molecule has 0 spiro atoms. The molecule has 7 heteroatoms. The van der Waals surface area contributed by atoms with Crippen molar-refractivity contribution in [2.24, 2.45) is 0 Å². The summed E-state index contributed by atoms with van der Waals surface area (Å²) in [6, 6.07) is 11.5. The monoisotopic (exact) mass is 440 g/mol. The normalized spacial score (nSPS) is 17.9. The predicted molar refractivity (Wildman–Crippen MR) is 121 cm³/mol. The summed E-state index contributed by atoms with van der Waals surface area (Å²) < 4.78 is 18.8. The topological polar surface area (TPSA) is 70.1 Å². The van der Waals surface area contributed by atoms with Gasteiger partial charge in [-0.05, 0) is 55.9 Å². The van der Waals surface area contributed by atoms with Gasteiger partial charge < -0.3 is 19.6 Å². The number of Topliss-reactive ketones (excluding diaryl/α,β-unsaturated/α-hetero) is 1. The minimum atomic E-state index is -0.793. The lowest BCUT2D eigenvalue weighted by Crippen LogP contribution is -2.33. The number of rotatable bonds is 9. The minimum absolute atomic E-state index is 0.00213. The van der Waals surface area contributed by atoms with Crippen LogP contribution in [0, 0.1) is 5.82 Å². The molecule has 3 rings (SSSR count). The fourth-order valence-corrected chi connectivity index (χ4v) is 4.03. The number of hydrogen-bond acceptors (Lipinski definition) is 5. The number of likely N-dealkylation sites (tertiary alicyclic amines) is 1. The SMILES string of the molecule is CCN(CC)CCCN1C(=O)C(=O)C(=C(O)c2cccc(OC)c2)[C@@H]1c1ccc(F)cc1. The van der Waals surface area contributed by atoms with E-state index >= 15 is 0 Å². The average Bonchev–Trinajstić information content (AvgIpc) is 3.07. The Morgan fingerprint density at radius 3 is 2.44 bits per heavy atom. The Labute approximate surface area is 187 Å². The van der Waals surface area contributed by atoms with Crippen LogP contribution in [0.2, 0.25) is 0 Å². The van der Waals surface area contributed by atoms with Gasteiger partial charge in [-0.15, -0.1) is 0 Å². The van der Waals surface area contributed by atoms with Crippen LogP contribution >= 0.6 is 0 Å². The van der Waals surface area contributed by atoms with Gasteiger partial charge in [-0.25, -0.2) is 4.39 Å². The van der Waals surface area contributed by atoms with Gasteiger partial charge in [0, 0.05) is 12.1 Å². The molecule has 0 radical (unpaired) electrons. The molecule has 1 N–H and O–H groups in total. The Balaban J connectivity index is 2.03. The first-order valence-corrected chi connectivity index (χ1v) is 10.8. The summed E-state index contributed by atoms with van der Waals surface area (Å²) in [7, 11) is 1.51. The maximum absolute atomic E-state index is 13.6. The molecule has 1 amide bonds. The zero-order valence-corrected chi connectivity index (χ0v) is 18.7. The van der Waals surface area contributed by atoms with Crippen LogP contribution in [0.3, 0.4) is 0 Å². The van der Waals surface area contributed by atoms with E-state index in [1.54, 1.807) is 36.4 Å². The number of benzene rings is 2. The number of carbonyl (C=O) groups is 2. The summed E-state index contributed by atoms with van der Waals surface area (Å²) in [5.74, 6) is -1.59. The molecule has 170 valence electrons. The molecule has 1 fully saturated rings. The van der Waals surface area contributed by atoms with Crippen molar-refractivity contribution in [3.63, 3.8) is 0 Å². The highest BCUT2D eigenvalue weighted by molar-refractivity contribution is 6.46. The first-order chi connectivity index (χ1) is 15.4. The molecule has 6 nitrogen and oxygen atoms in total. The second kappa shape index (κ2) is 10.4.